The number of esters is 1. The molecule has 0 amide bonds. The minimum atomic E-state index is -3.63. The average Bonchev–Trinajstić information content (AvgIpc) is 3.10. The SMILES string of the molecule is CCN(CC)S(=O)(=O)c1cccc(C(=O)OCc2nc3ccccc3s2)c1. The molecule has 6 nitrogen and oxygen atoms in total. The largest absolute Gasteiger partial charge is 0.455 e. The van der Waals surface area contributed by atoms with Gasteiger partial charge in [-0.25, -0.2) is 18.2 Å². The fourth-order valence-electron chi connectivity index (χ4n) is 2.69. The lowest BCUT2D eigenvalue weighted by molar-refractivity contribution is 0.0472. The van der Waals surface area contributed by atoms with Crippen LogP contribution >= 0.6 is 11.3 Å². The molecule has 0 radical (unpaired) electrons. The lowest BCUT2D eigenvalue weighted by atomic mass is 10.2. The van der Waals surface area contributed by atoms with E-state index in [0.717, 1.165) is 10.2 Å². The molecular formula is C19H20N2O4S2. The second-order valence-electron chi connectivity index (χ2n) is 5.77. The molecule has 0 unspecified atom stereocenters. The number of benzene rings is 2. The molecule has 1 aromatic heterocycles. The summed E-state index contributed by atoms with van der Waals surface area (Å²) in [5, 5.41) is 0.691. The maximum atomic E-state index is 12.6. The van der Waals surface area contributed by atoms with E-state index in [0.29, 0.717) is 18.1 Å². The normalized spacial score (nSPS) is 11.8. The molecule has 1 heterocycles. The van der Waals surface area contributed by atoms with Crippen LogP contribution in [-0.2, 0) is 21.4 Å². The number of hydrogen-bond acceptors (Lipinski definition) is 6. The smallest absolute Gasteiger partial charge is 0.338 e. The number of carbonyl (C=O) groups excluding carboxylic acids is 1. The van der Waals surface area contributed by atoms with Gasteiger partial charge in [-0.15, -0.1) is 11.3 Å². The van der Waals surface area contributed by atoms with Gasteiger partial charge in [-0.3, -0.25) is 0 Å². The highest BCUT2D eigenvalue weighted by atomic mass is 32.2. The molecule has 0 aliphatic heterocycles. The molecular weight excluding hydrogens is 384 g/mol. The molecule has 3 aromatic rings. The van der Waals surface area contributed by atoms with Crippen molar-refractivity contribution < 1.29 is 17.9 Å². The molecule has 8 heteroatoms. The van der Waals surface area contributed by atoms with E-state index >= 15 is 0 Å². The van der Waals surface area contributed by atoms with Crippen LogP contribution in [0.3, 0.4) is 0 Å². The summed E-state index contributed by atoms with van der Waals surface area (Å²) in [6.07, 6.45) is 0. The molecule has 0 saturated heterocycles. The summed E-state index contributed by atoms with van der Waals surface area (Å²) < 4.78 is 32.9. The van der Waals surface area contributed by atoms with Crippen molar-refractivity contribution in [1.82, 2.24) is 9.29 Å². The van der Waals surface area contributed by atoms with Crippen molar-refractivity contribution in [3.05, 3.63) is 59.1 Å². The number of aromatic nitrogens is 1. The summed E-state index contributed by atoms with van der Waals surface area (Å²) >= 11 is 1.46. The first-order chi connectivity index (χ1) is 13.0. The van der Waals surface area contributed by atoms with Gasteiger partial charge in [0.15, 0.2) is 0 Å². The van der Waals surface area contributed by atoms with Crippen LogP contribution in [0.5, 0.6) is 0 Å². The van der Waals surface area contributed by atoms with Crippen LogP contribution in [0, 0.1) is 0 Å². The fraction of sp³-hybridized carbons (Fsp3) is 0.263. The molecule has 0 saturated carbocycles. The minimum absolute atomic E-state index is 0.0468. The second-order valence-corrected chi connectivity index (χ2v) is 8.82. The van der Waals surface area contributed by atoms with Crippen molar-refractivity contribution in [3.63, 3.8) is 0 Å². The predicted molar refractivity (Wildman–Crippen MR) is 105 cm³/mol. The van der Waals surface area contributed by atoms with Gasteiger partial charge in [0.2, 0.25) is 10.0 Å². The van der Waals surface area contributed by atoms with Crippen LogP contribution in [0.25, 0.3) is 10.2 Å². The van der Waals surface area contributed by atoms with E-state index in [9.17, 15) is 13.2 Å². The van der Waals surface area contributed by atoms with Crippen molar-refractivity contribution in [2.45, 2.75) is 25.3 Å². The Hall–Kier alpha value is -2.29. The van der Waals surface area contributed by atoms with E-state index in [4.69, 9.17) is 4.74 Å². The Morgan fingerprint density at radius 2 is 1.85 bits per heavy atom. The first-order valence-corrected chi connectivity index (χ1v) is 10.8. The Bertz CT molecular complexity index is 1020. The number of thiazole rings is 1. The number of nitrogens with zero attached hydrogens (tertiary/aromatic N) is 2. The highest BCUT2D eigenvalue weighted by Gasteiger charge is 2.22. The minimum Gasteiger partial charge on any atom is -0.455 e. The highest BCUT2D eigenvalue weighted by molar-refractivity contribution is 7.89. The Balaban J connectivity index is 1.75. The average molecular weight is 405 g/mol. The van der Waals surface area contributed by atoms with Crippen molar-refractivity contribution in [3.8, 4) is 0 Å². The van der Waals surface area contributed by atoms with Crippen LogP contribution in [0.15, 0.2) is 53.4 Å². The lowest BCUT2D eigenvalue weighted by Gasteiger charge is -2.18. The summed E-state index contributed by atoms with van der Waals surface area (Å²) in [5.74, 6) is -0.578. The molecule has 2 aromatic carbocycles. The van der Waals surface area contributed by atoms with E-state index in [1.54, 1.807) is 26.0 Å². The lowest BCUT2D eigenvalue weighted by Crippen LogP contribution is -2.30. The van der Waals surface area contributed by atoms with Gasteiger partial charge >= 0.3 is 5.97 Å². The molecule has 0 aliphatic rings. The zero-order chi connectivity index (χ0) is 19.4. The summed E-state index contributed by atoms with van der Waals surface area (Å²) in [4.78, 5) is 16.9. The maximum Gasteiger partial charge on any atom is 0.338 e. The molecule has 3 rings (SSSR count). The molecule has 0 fully saturated rings. The third kappa shape index (κ3) is 4.18. The fourth-order valence-corrected chi connectivity index (χ4v) is 5.07. The molecule has 0 N–H and O–H groups in total. The third-order valence-electron chi connectivity index (χ3n) is 4.08. The summed E-state index contributed by atoms with van der Waals surface area (Å²) in [6, 6.07) is 13.6. The van der Waals surface area contributed by atoms with E-state index in [1.165, 1.54) is 27.8 Å². The summed E-state index contributed by atoms with van der Waals surface area (Å²) in [7, 11) is -3.63. The van der Waals surface area contributed by atoms with Crippen LogP contribution < -0.4 is 0 Å². The topological polar surface area (TPSA) is 76.6 Å². The highest BCUT2D eigenvalue weighted by Crippen LogP contribution is 2.23. The van der Waals surface area contributed by atoms with Crippen molar-refractivity contribution in [2.75, 3.05) is 13.1 Å². The van der Waals surface area contributed by atoms with Gasteiger partial charge in [-0.05, 0) is 30.3 Å². The van der Waals surface area contributed by atoms with Crippen LogP contribution in [0.4, 0.5) is 0 Å². The summed E-state index contributed by atoms with van der Waals surface area (Å²) in [5.41, 5.74) is 1.06. The number of rotatable bonds is 7. The molecule has 0 atom stereocenters. The van der Waals surface area contributed by atoms with E-state index in [1.807, 2.05) is 24.3 Å². The Morgan fingerprint density at radius 1 is 1.11 bits per heavy atom. The van der Waals surface area contributed by atoms with E-state index in [2.05, 4.69) is 4.98 Å². The monoisotopic (exact) mass is 404 g/mol. The molecule has 0 spiro atoms. The Labute approximate surface area is 162 Å². The molecule has 0 bridgehead atoms. The first kappa shape index (κ1) is 19.5. The number of ether oxygens (including phenoxy) is 1. The van der Waals surface area contributed by atoms with Crippen LogP contribution in [0.1, 0.15) is 29.2 Å². The number of sulfonamides is 1. The molecule has 142 valence electrons. The molecule has 0 aliphatic carbocycles. The van der Waals surface area contributed by atoms with Crippen LogP contribution in [0.2, 0.25) is 0 Å². The number of para-hydroxylation sites is 1. The van der Waals surface area contributed by atoms with Crippen molar-refractivity contribution in [1.29, 1.82) is 0 Å². The zero-order valence-electron chi connectivity index (χ0n) is 15.1. The van der Waals surface area contributed by atoms with Gasteiger partial charge in [0, 0.05) is 13.1 Å². The number of hydrogen-bond donors (Lipinski definition) is 0. The van der Waals surface area contributed by atoms with E-state index in [-0.39, 0.29) is 17.1 Å². The second kappa shape index (κ2) is 8.16. The van der Waals surface area contributed by atoms with Crippen molar-refractivity contribution >= 4 is 37.5 Å². The van der Waals surface area contributed by atoms with Crippen LogP contribution in [-0.4, -0.2) is 36.8 Å². The number of fused-ring (bicyclic) bond motifs is 1. The maximum absolute atomic E-state index is 12.6. The zero-order valence-corrected chi connectivity index (χ0v) is 16.7. The van der Waals surface area contributed by atoms with Crippen molar-refractivity contribution in [2.24, 2.45) is 0 Å². The van der Waals surface area contributed by atoms with Gasteiger partial charge in [0.1, 0.15) is 11.6 Å². The Kier molecular flexibility index (Phi) is 5.88. The predicted octanol–water partition coefficient (Wildman–Crippen LogP) is 3.68. The van der Waals surface area contributed by atoms with Gasteiger partial charge in [-0.1, -0.05) is 32.0 Å². The van der Waals surface area contributed by atoms with Gasteiger partial charge in [0.25, 0.3) is 0 Å². The van der Waals surface area contributed by atoms with E-state index < -0.39 is 16.0 Å². The number of carbonyl (C=O) groups is 1. The quantitative estimate of drug-likeness (QED) is 0.562. The third-order valence-corrected chi connectivity index (χ3v) is 7.13. The van der Waals surface area contributed by atoms with Gasteiger partial charge in [-0.2, -0.15) is 4.31 Å². The Morgan fingerprint density at radius 3 is 2.56 bits per heavy atom. The standard InChI is InChI=1S/C19H20N2O4S2/c1-3-21(4-2)27(23,24)15-9-7-8-14(12-15)19(22)25-13-18-20-16-10-5-6-11-17(16)26-18/h5-12H,3-4,13H2,1-2H3. The van der Waals surface area contributed by atoms with Gasteiger partial charge in [0.05, 0.1) is 20.7 Å². The summed E-state index contributed by atoms with van der Waals surface area (Å²) in [6.45, 7) is 4.33. The first-order valence-electron chi connectivity index (χ1n) is 8.57. The molecule has 27 heavy (non-hydrogen) atoms. The van der Waals surface area contributed by atoms with Gasteiger partial charge < -0.3 is 4.74 Å².